The molecule has 1 saturated heterocycles. The highest BCUT2D eigenvalue weighted by atomic mass is 16.2. The number of hydrogen-bond donors (Lipinski definition) is 1. The first-order valence-corrected chi connectivity index (χ1v) is 5.39. The first kappa shape index (κ1) is 8.26. The molecule has 2 aliphatic carbocycles. The van der Waals surface area contributed by atoms with Crippen LogP contribution in [-0.2, 0) is 4.79 Å². The van der Waals surface area contributed by atoms with E-state index in [0.29, 0.717) is 11.8 Å². The van der Waals surface area contributed by atoms with E-state index in [-0.39, 0.29) is 24.5 Å². The molecule has 76 valence electrons. The monoisotopic (exact) mass is 194 g/mol. The smallest absolute Gasteiger partial charge is 0.324 e. The molecule has 2 saturated carbocycles. The molecule has 1 N–H and O–H groups in total. The third kappa shape index (κ3) is 0.996. The molecule has 1 aliphatic heterocycles. The van der Waals surface area contributed by atoms with Crippen molar-refractivity contribution < 1.29 is 9.59 Å². The van der Waals surface area contributed by atoms with Gasteiger partial charge >= 0.3 is 6.03 Å². The van der Waals surface area contributed by atoms with Crippen LogP contribution in [0.3, 0.4) is 0 Å². The lowest BCUT2D eigenvalue weighted by Crippen LogP contribution is -2.34. The fourth-order valence-electron chi connectivity index (χ4n) is 3.07. The Bertz CT molecular complexity index is 274. The number of hydrogen-bond acceptors (Lipinski definition) is 2. The Balaban J connectivity index is 1.77. The Morgan fingerprint density at radius 3 is 2.29 bits per heavy atom. The van der Waals surface area contributed by atoms with Gasteiger partial charge in [0.15, 0.2) is 0 Å². The molecule has 0 spiro atoms. The summed E-state index contributed by atoms with van der Waals surface area (Å²) in [5.74, 6) is 1.21. The van der Waals surface area contributed by atoms with Gasteiger partial charge in [0.25, 0.3) is 0 Å². The van der Waals surface area contributed by atoms with Crippen LogP contribution < -0.4 is 5.32 Å². The van der Waals surface area contributed by atoms with Gasteiger partial charge in [-0.3, -0.25) is 9.69 Å². The van der Waals surface area contributed by atoms with Gasteiger partial charge in [0, 0.05) is 6.04 Å². The lowest BCUT2D eigenvalue weighted by molar-refractivity contribution is -0.125. The minimum absolute atomic E-state index is 0.0330. The molecule has 1 heterocycles. The number of nitrogens with one attached hydrogen (secondary N) is 1. The lowest BCUT2D eigenvalue weighted by Gasteiger charge is -2.11. The van der Waals surface area contributed by atoms with Crippen LogP contribution in [0.1, 0.15) is 25.7 Å². The minimum atomic E-state index is -0.172. The first-order chi connectivity index (χ1) is 6.79. The van der Waals surface area contributed by atoms with E-state index in [1.165, 1.54) is 30.6 Å². The van der Waals surface area contributed by atoms with Crippen molar-refractivity contribution in [2.45, 2.75) is 31.7 Å². The van der Waals surface area contributed by atoms with E-state index >= 15 is 0 Å². The molecule has 4 heteroatoms. The molecular weight excluding hydrogens is 180 g/mol. The zero-order valence-corrected chi connectivity index (χ0v) is 8.03. The van der Waals surface area contributed by atoms with E-state index in [0.717, 1.165) is 0 Å². The molecule has 0 bridgehead atoms. The van der Waals surface area contributed by atoms with Crippen molar-refractivity contribution in [2.75, 3.05) is 6.54 Å². The summed E-state index contributed by atoms with van der Waals surface area (Å²) in [7, 11) is 0. The second kappa shape index (κ2) is 2.72. The number of carbonyl (C=O) groups excluding carboxylic acids is 2. The van der Waals surface area contributed by atoms with Gasteiger partial charge in [0.2, 0.25) is 5.91 Å². The lowest BCUT2D eigenvalue weighted by atomic mass is 10.0. The Morgan fingerprint density at radius 1 is 1.14 bits per heavy atom. The van der Waals surface area contributed by atoms with Gasteiger partial charge in [0.05, 0.1) is 6.54 Å². The Hall–Kier alpha value is -1.06. The molecule has 0 radical (unpaired) electrons. The van der Waals surface area contributed by atoms with Gasteiger partial charge < -0.3 is 5.32 Å². The molecule has 0 aromatic heterocycles. The Kier molecular flexibility index (Phi) is 1.60. The van der Waals surface area contributed by atoms with Crippen molar-refractivity contribution in [3.63, 3.8) is 0 Å². The minimum Gasteiger partial charge on any atom is -0.329 e. The fourth-order valence-corrected chi connectivity index (χ4v) is 3.07. The van der Waals surface area contributed by atoms with Crippen LogP contribution >= 0.6 is 0 Å². The largest absolute Gasteiger partial charge is 0.329 e. The third-order valence-corrected chi connectivity index (χ3v) is 3.79. The molecule has 0 aromatic rings. The maximum absolute atomic E-state index is 11.5. The number of imide groups is 1. The highest BCUT2D eigenvalue weighted by Gasteiger charge is 2.57. The third-order valence-electron chi connectivity index (χ3n) is 3.79. The predicted molar refractivity (Wildman–Crippen MR) is 49.5 cm³/mol. The predicted octanol–water partition coefficient (Wildman–Crippen LogP) is 0.727. The van der Waals surface area contributed by atoms with E-state index in [2.05, 4.69) is 5.32 Å². The average Bonchev–Trinajstić information content (AvgIpc) is 2.82. The number of fused-ring (bicyclic) bond motifs is 1. The molecule has 3 fully saturated rings. The van der Waals surface area contributed by atoms with Crippen molar-refractivity contribution in [3.8, 4) is 0 Å². The molecule has 4 nitrogen and oxygen atoms in total. The zero-order chi connectivity index (χ0) is 9.71. The van der Waals surface area contributed by atoms with Gasteiger partial charge in [-0.25, -0.2) is 4.79 Å². The van der Waals surface area contributed by atoms with Crippen molar-refractivity contribution in [1.82, 2.24) is 10.2 Å². The van der Waals surface area contributed by atoms with Crippen LogP contribution in [0.4, 0.5) is 4.79 Å². The van der Waals surface area contributed by atoms with Crippen molar-refractivity contribution in [1.29, 1.82) is 0 Å². The molecule has 3 rings (SSSR count). The van der Waals surface area contributed by atoms with Gasteiger partial charge in [-0.15, -0.1) is 0 Å². The van der Waals surface area contributed by atoms with Crippen LogP contribution in [0.25, 0.3) is 0 Å². The van der Waals surface area contributed by atoms with E-state index in [9.17, 15) is 9.59 Å². The normalized spacial score (nSPS) is 40.9. The number of carbonyl (C=O) groups is 2. The quantitative estimate of drug-likeness (QED) is 0.625. The molecule has 2 atom stereocenters. The maximum atomic E-state index is 11.5. The van der Waals surface area contributed by atoms with Gasteiger partial charge in [0.1, 0.15) is 0 Å². The van der Waals surface area contributed by atoms with E-state index in [1.807, 2.05) is 0 Å². The van der Waals surface area contributed by atoms with Gasteiger partial charge in [-0.2, -0.15) is 0 Å². The van der Waals surface area contributed by atoms with Crippen LogP contribution in [0.5, 0.6) is 0 Å². The van der Waals surface area contributed by atoms with E-state index < -0.39 is 0 Å². The number of nitrogens with zero attached hydrogens (tertiary/aromatic N) is 1. The highest BCUT2D eigenvalue weighted by Crippen LogP contribution is 2.53. The summed E-state index contributed by atoms with van der Waals surface area (Å²) in [5, 5.41) is 2.59. The molecule has 0 aromatic carbocycles. The first-order valence-electron chi connectivity index (χ1n) is 5.39. The van der Waals surface area contributed by atoms with Crippen LogP contribution in [0.15, 0.2) is 0 Å². The molecule has 14 heavy (non-hydrogen) atoms. The number of amides is 3. The summed E-state index contributed by atoms with van der Waals surface area (Å²) >= 11 is 0. The average molecular weight is 194 g/mol. The molecule has 3 aliphatic rings. The number of rotatable bonds is 1. The molecular formula is C10H14N2O2. The highest BCUT2D eigenvalue weighted by molar-refractivity contribution is 6.02. The van der Waals surface area contributed by atoms with Gasteiger partial charge in [-0.05, 0) is 24.7 Å². The van der Waals surface area contributed by atoms with Crippen LogP contribution in [-0.4, -0.2) is 29.4 Å². The zero-order valence-electron chi connectivity index (χ0n) is 8.03. The van der Waals surface area contributed by atoms with Gasteiger partial charge in [-0.1, -0.05) is 12.8 Å². The second-order valence-electron chi connectivity index (χ2n) is 4.53. The standard InChI is InChI=1S/C10H14N2O2/c13-8-5-11-10(14)12(8)9-6-3-1-2-4-7(6)9/h6-7,9H,1-5H2,(H,11,14). The summed E-state index contributed by atoms with van der Waals surface area (Å²) in [5.41, 5.74) is 0. The summed E-state index contributed by atoms with van der Waals surface area (Å²) in [6.45, 7) is 0.203. The van der Waals surface area contributed by atoms with Crippen LogP contribution in [0, 0.1) is 11.8 Å². The van der Waals surface area contributed by atoms with E-state index in [4.69, 9.17) is 0 Å². The summed E-state index contributed by atoms with van der Waals surface area (Å²) in [6.07, 6.45) is 4.93. The van der Waals surface area contributed by atoms with Crippen molar-refractivity contribution in [3.05, 3.63) is 0 Å². The Morgan fingerprint density at radius 2 is 1.79 bits per heavy atom. The molecule has 2 unspecified atom stereocenters. The fraction of sp³-hybridized carbons (Fsp3) is 0.800. The van der Waals surface area contributed by atoms with E-state index in [1.54, 1.807) is 0 Å². The summed E-state index contributed by atoms with van der Waals surface area (Å²) in [6, 6.07) is 0.0712. The Labute approximate surface area is 82.6 Å². The second-order valence-corrected chi connectivity index (χ2v) is 4.53. The molecule has 3 amide bonds. The summed E-state index contributed by atoms with van der Waals surface area (Å²) < 4.78 is 0. The maximum Gasteiger partial charge on any atom is 0.324 e. The SMILES string of the molecule is O=C1CNC(=O)N1C1C2CCCCC21. The van der Waals surface area contributed by atoms with Crippen molar-refractivity contribution in [2.24, 2.45) is 11.8 Å². The number of urea groups is 1. The van der Waals surface area contributed by atoms with Crippen molar-refractivity contribution >= 4 is 11.9 Å². The summed E-state index contributed by atoms with van der Waals surface area (Å²) in [4.78, 5) is 24.3. The van der Waals surface area contributed by atoms with Crippen LogP contribution in [0.2, 0.25) is 0 Å². The topological polar surface area (TPSA) is 49.4 Å².